The molecule has 0 radical (unpaired) electrons. The quantitative estimate of drug-likeness (QED) is 0.648. The average Bonchev–Trinajstić information content (AvgIpc) is 2.93. The van der Waals surface area contributed by atoms with Crippen molar-refractivity contribution in [1.29, 1.82) is 0 Å². The molecule has 1 amide bonds. The van der Waals surface area contributed by atoms with Gasteiger partial charge in [-0.1, -0.05) is 33.8 Å². The fraction of sp³-hybridized carbons (Fsp3) is 0.333. The smallest absolute Gasteiger partial charge is 0.269 e. The van der Waals surface area contributed by atoms with Crippen LogP contribution < -0.4 is 15.6 Å². The molecule has 0 bridgehead atoms. The number of amidine groups is 1. The first kappa shape index (κ1) is 14.2. The summed E-state index contributed by atoms with van der Waals surface area (Å²) in [6.07, 6.45) is 0. The van der Waals surface area contributed by atoms with Gasteiger partial charge in [-0.05, 0) is 18.2 Å². The Balaban J connectivity index is 1.87. The lowest BCUT2D eigenvalue weighted by atomic mass is 10.2. The molecule has 19 heavy (non-hydrogen) atoms. The van der Waals surface area contributed by atoms with Crippen molar-refractivity contribution >= 4 is 38.8 Å². The number of carbonyl (C=O) groups excluding carboxylic acids is 1. The van der Waals surface area contributed by atoms with Crippen molar-refractivity contribution in [3.8, 4) is 5.75 Å². The number of nitrogens with one attached hydrogen (secondary N) is 2. The van der Waals surface area contributed by atoms with E-state index in [1.54, 1.807) is 43.1 Å². The summed E-state index contributed by atoms with van der Waals surface area (Å²) in [7, 11) is 1.57. The molecule has 1 heterocycles. The summed E-state index contributed by atoms with van der Waals surface area (Å²) >= 11 is 5.02. The number of amides is 1. The number of thioether (sulfide) groups is 1. The molecule has 1 atom stereocenters. The molecule has 2 N–H and O–H groups in total. The van der Waals surface area contributed by atoms with Crippen LogP contribution in [0.4, 0.5) is 0 Å². The molecule has 0 unspecified atom stereocenters. The van der Waals surface area contributed by atoms with E-state index in [2.05, 4.69) is 31.8 Å². The largest absolute Gasteiger partial charge is 0.497 e. The van der Waals surface area contributed by atoms with Gasteiger partial charge in [0.05, 0.1) is 13.7 Å². The van der Waals surface area contributed by atoms with Crippen LogP contribution in [0.25, 0.3) is 0 Å². The van der Waals surface area contributed by atoms with Crippen LogP contribution in [0.3, 0.4) is 0 Å². The second-order valence-corrected chi connectivity index (χ2v) is 5.79. The maximum atomic E-state index is 11.9. The Morgan fingerprint density at radius 1 is 1.63 bits per heavy atom. The average molecular weight is 344 g/mol. The standard InChI is InChI=1S/C12H14BrN3O2S/c1-18-9-4-2-3-8(5-9)11(17)15-16-12-14-7-10(6-13)19-12/h2-5,10H,6-7H2,1H3,(H,14,16)(H,15,17)/t10-/m0/s1. The van der Waals surface area contributed by atoms with Gasteiger partial charge >= 0.3 is 0 Å². The third-order valence-corrected chi connectivity index (χ3v) is 4.82. The monoisotopic (exact) mass is 343 g/mol. The summed E-state index contributed by atoms with van der Waals surface area (Å²) in [5.74, 6) is 0.434. The van der Waals surface area contributed by atoms with E-state index >= 15 is 0 Å². The first-order valence-electron chi connectivity index (χ1n) is 5.70. The van der Waals surface area contributed by atoms with Crippen molar-refractivity contribution in [3.63, 3.8) is 0 Å². The van der Waals surface area contributed by atoms with Crippen molar-refractivity contribution in [1.82, 2.24) is 10.9 Å². The Kier molecular flexibility index (Phi) is 5.09. The number of methoxy groups -OCH3 is 1. The molecule has 102 valence electrons. The second kappa shape index (κ2) is 6.81. The topological polar surface area (TPSA) is 62.7 Å². The number of hydrogen-bond acceptors (Lipinski definition) is 5. The molecule has 0 saturated heterocycles. The maximum absolute atomic E-state index is 11.9. The zero-order valence-electron chi connectivity index (χ0n) is 10.4. The molecule has 0 saturated carbocycles. The summed E-state index contributed by atoms with van der Waals surface area (Å²) in [6.45, 7) is 0.757. The van der Waals surface area contributed by atoms with Crippen LogP contribution in [0.2, 0.25) is 0 Å². The van der Waals surface area contributed by atoms with Gasteiger partial charge in [0.25, 0.3) is 5.91 Å². The van der Waals surface area contributed by atoms with Crippen LogP contribution in [0.5, 0.6) is 5.75 Å². The van der Waals surface area contributed by atoms with Crippen LogP contribution in [0.1, 0.15) is 10.4 Å². The minimum atomic E-state index is -0.218. The number of nitrogens with zero attached hydrogens (tertiary/aromatic N) is 1. The number of halogens is 1. The Labute approximate surface area is 124 Å². The Bertz CT molecular complexity index is 496. The summed E-state index contributed by atoms with van der Waals surface area (Å²) in [4.78, 5) is 16.2. The summed E-state index contributed by atoms with van der Waals surface area (Å²) < 4.78 is 5.08. The molecule has 0 spiro atoms. The second-order valence-electron chi connectivity index (χ2n) is 3.85. The third-order valence-electron chi connectivity index (χ3n) is 2.50. The van der Waals surface area contributed by atoms with Gasteiger partial charge in [-0.25, -0.2) is 0 Å². The van der Waals surface area contributed by atoms with Gasteiger partial charge in [-0.2, -0.15) is 0 Å². The number of carbonyl (C=O) groups is 1. The van der Waals surface area contributed by atoms with Crippen molar-refractivity contribution in [3.05, 3.63) is 29.8 Å². The predicted octanol–water partition coefficient (Wildman–Crippen LogP) is 1.80. The van der Waals surface area contributed by atoms with E-state index < -0.39 is 0 Å². The fourth-order valence-electron chi connectivity index (χ4n) is 1.51. The van der Waals surface area contributed by atoms with Gasteiger partial charge in [0.15, 0.2) is 5.17 Å². The third kappa shape index (κ3) is 3.87. The van der Waals surface area contributed by atoms with E-state index in [0.29, 0.717) is 16.6 Å². The molecule has 2 rings (SSSR count). The summed E-state index contributed by atoms with van der Waals surface area (Å²) in [6, 6.07) is 6.98. The van der Waals surface area contributed by atoms with E-state index in [-0.39, 0.29) is 5.91 Å². The maximum Gasteiger partial charge on any atom is 0.269 e. The summed E-state index contributed by atoms with van der Waals surface area (Å²) in [5.41, 5.74) is 5.99. The van der Waals surface area contributed by atoms with E-state index in [1.165, 1.54) is 0 Å². The van der Waals surface area contributed by atoms with Crippen LogP contribution in [0, 0.1) is 0 Å². The predicted molar refractivity (Wildman–Crippen MR) is 81.1 cm³/mol. The number of benzene rings is 1. The molecule has 0 aromatic heterocycles. The summed E-state index contributed by atoms with van der Waals surface area (Å²) in [5, 5.41) is 2.05. The molecular formula is C12H14BrN3O2S. The van der Waals surface area contributed by atoms with Crippen LogP contribution >= 0.6 is 27.7 Å². The highest BCUT2D eigenvalue weighted by molar-refractivity contribution is 9.09. The highest BCUT2D eigenvalue weighted by Crippen LogP contribution is 2.20. The highest BCUT2D eigenvalue weighted by Gasteiger charge is 2.18. The highest BCUT2D eigenvalue weighted by atomic mass is 79.9. The van der Waals surface area contributed by atoms with Gasteiger partial charge in [0, 0.05) is 16.1 Å². The van der Waals surface area contributed by atoms with Gasteiger partial charge in [-0.3, -0.25) is 20.6 Å². The van der Waals surface area contributed by atoms with E-state index in [9.17, 15) is 4.79 Å². The van der Waals surface area contributed by atoms with Crippen molar-refractivity contribution < 1.29 is 9.53 Å². The fourth-order valence-corrected chi connectivity index (χ4v) is 2.90. The van der Waals surface area contributed by atoms with Crippen LogP contribution in [-0.4, -0.2) is 35.3 Å². The van der Waals surface area contributed by atoms with Gasteiger partial charge in [0.1, 0.15) is 5.75 Å². The lowest BCUT2D eigenvalue weighted by Crippen LogP contribution is -2.40. The molecular weight excluding hydrogens is 330 g/mol. The number of alkyl halides is 1. The Morgan fingerprint density at radius 2 is 2.47 bits per heavy atom. The minimum absolute atomic E-state index is 0.218. The molecule has 1 aromatic carbocycles. The van der Waals surface area contributed by atoms with Crippen molar-refractivity contribution in [2.75, 3.05) is 19.0 Å². The SMILES string of the molecule is COc1cccc(C(=O)NNC2=NC[C@H](CBr)S2)c1. The van der Waals surface area contributed by atoms with E-state index in [0.717, 1.165) is 17.0 Å². The number of hydrazine groups is 1. The molecule has 5 nitrogen and oxygen atoms in total. The van der Waals surface area contributed by atoms with Gasteiger partial charge in [0.2, 0.25) is 0 Å². The number of rotatable bonds is 3. The zero-order valence-corrected chi connectivity index (χ0v) is 12.8. The van der Waals surface area contributed by atoms with Crippen LogP contribution in [0.15, 0.2) is 29.3 Å². The molecule has 1 aromatic rings. The Hall–Kier alpha value is -1.21. The number of hydrogen-bond donors (Lipinski definition) is 2. The van der Waals surface area contributed by atoms with E-state index in [1.807, 2.05) is 0 Å². The molecule has 0 aliphatic carbocycles. The van der Waals surface area contributed by atoms with Gasteiger partial charge < -0.3 is 4.74 Å². The van der Waals surface area contributed by atoms with Gasteiger partial charge in [-0.15, -0.1) is 0 Å². The lowest BCUT2D eigenvalue weighted by Gasteiger charge is -2.09. The molecule has 7 heteroatoms. The normalized spacial score (nSPS) is 17.8. The van der Waals surface area contributed by atoms with Crippen molar-refractivity contribution in [2.45, 2.75) is 5.25 Å². The van der Waals surface area contributed by atoms with Crippen molar-refractivity contribution in [2.24, 2.45) is 4.99 Å². The first-order valence-corrected chi connectivity index (χ1v) is 7.70. The first-order chi connectivity index (χ1) is 9.22. The molecule has 1 aliphatic heterocycles. The van der Waals surface area contributed by atoms with E-state index in [4.69, 9.17) is 4.74 Å². The number of ether oxygens (including phenoxy) is 1. The zero-order chi connectivity index (χ0) is 13.7. The van der Waals surface area contributed by atoms with Crippen LogP contribution in [-0.2, 0) is 0 Å². The molecule has 1 aliphatic rings. The lowest BCUT2D eigenvalue weighted by molar-refractivity contribution is 0.0944. The Morgan fingerprint density at radius 3 is 3.16 bits per heavy atom. The number of aliphatic imine (C=N–C) groups is 1. The minimum Gasteiger partial charge on any atom is -0.497 e. The molecule has 0 fully saturated rings.